The molecule has 215 valence electrons. The Morgan fingerprint density at radius 3 is 0.837 bits per heavy atom. The Labute approximate surface area is 282 Å². The van der Waals surface area contributed by atoms with E-state index in [2.05, 4.69) is 9.97 Å². The molecule has 8 nitrogen and oxygen atoms in total. The van der Waals surface area contributed by atoms with Crippen LogP contribution in [0.3, 0.4) is 0 Å². The molecule has 0 spiro atoms. The summed E-state index contributed by atoms with van der Waals surface area (Å²) in [5.41, 5.74) is 6.45. The number of rotatable bonds is 0. The Kier molecular flexibility index (Phi) is 7.60. The monoisotopic (exact) mass is 763 g/mol. The molecule has 0 unspecified atom stereocenters. The van der Waals surface area contributed by atoms with Crippen molar-refractivity contribution >= 4 is 68.1 Å². The van der Waals surface area contributed by atoms with E-state index >= 15 is 0 Å². The van der Waals surface area contributed by atoms with E-state index in [1.54, 1.807) is 0 Å². The van der Waals surface area contributed by atoms with Crippen molar-refractivity contribution in [2.75, 3.05) is 0 Å². The number of benzene rings is 4. The quantitative estimate of drug-likeness (QED) is 0.123. The first-order valence-electron chi connectivity index (χ1n) is 13.0. The molecule has 0 fully saturated rings. The van der Waals surface area contributed by atoms with Crippen molar-refractivity contribution in [2.45, 2.75) is 0 Å². The van der Waals surface area contributed by atoms with Gasteiger partial charge in [-0.2, -0.15) is 0 Å². The van der Waals surface area contributed by atoms with Crippen LogP contribution in [0.5, 0.6) is 0 Å². The summed E-state index contributed by atoms with van der Waals surface area (Å²) in [6.45, 7) is 0. The van der Waals surface area contributed by atoms with E-state index in [0.717, 1.165) is 43.8 Å². The average molecular weight is 765 g/mol. The van der Waals surface area contributed by atoms with Crippen LogP contribution in [0.1, 0.15) is 0 Å². The summed E-state index contributed by atoms with van der Waals surface area (Å²) in [4.78, 5) is 36.8. The van der Waals surface area contributed by atoms with Gasteiger partial charge in [0, 0.05) is 77.4 Å². The first-order valence-corrected chi connectivity index (χ1v) is 13.0. The minimum Gasteiger partial charge on any atom is -0.324 e. The van der Waals surface area contributed by atoms with Crippen molar-refractivity contribution in [3.05, 3.63) is 97.1 Å². The van der Waals surface area contributed by atoms with Crippen molar-refractivity contribution in [3.8, 4) is 45.6 Å². The Bertz CT molecular complexity index is 2050. The molecule has 11 heteroatoms. The van der Waals surface area contributed by atoms with Gasteiger partial charge in [0.05, 0.1) is 0 Å². The summed E-state index contributed by atoms with van der Waals surface area (Å²) in [6.07, 6.45) is 0. The van der Waals surface area contributed by atoms with Crippen LogP contribution in [-0.4, -0.2) is 39.9 Å². The molecule has 0 saturated carbocycles. The molecule has 8 bridgehead atoms. The van der Waals surface area contributed by atoms with Crippen LogP contribution in [0, 0.1) is 0 Å². The largest absolute Gasteiger partial charge is 0.324 e. The van der Waals surface area contributed by atoms with Crippen LogP contribution in [-0.2, 0) is 33.6 Å². The molecule has 0 atom stereocenters. The van der Waals surface area contributed by atoms with Crippen LogP contribution in [0.25, 0.3) is 89.7 Å². The van der Waals surface area contributed by atoms with Crippen LogP contribution in [0.15, 0.2) is 97.1 Å². The number of H-pyrrole nitrogens is 2. The molecule has 9 rings (SSSR count). The molecule has 5 heterocycles. The van der Waals surface area contributed by atoms with Gasteiger partial charge in [0.25, 0.3) is 0 Å². The van der Waals surface area contributed by atoms with Gasteiger partial charge in [-0.05, 0) is 0 Å². The Hall–Kier alpha value is -4.02. The molecule has 2 N–H and O–H groups in total. The first kappa shape index (κ1) is 29.1. The third kappa shape index (κ3) is 4.55. The number of nitrogens with one attached hydrogen (secondary N) is 2. The van der Waals surface area contributed by atoms with Crippen molar-refractivity contribution in [3.63, 3.8) is 0 Å². The van der Waals surface area contributed by atoms with Crippen LogP contribution in [0.4, 0.5) is 0 Å². The van der Waals surface area contributed by atoms with Gasteiger partial charge in [-0.15, -0.1) is 24.0 Å². The number of halogens is 1. The molecule has 3 aromatic heterocycles. The predicted octanol–water partition coefficient (Wildman–Crippen LogP) is 7.48. The second-order valence-corrected chi connectivity index (χ2v) is 9.79. The van der Waals surface area contributed by atoms with E-state index in [1.807, 2.05) is 97.1 Å². The van der Waals surface area contributed by atoms with Crippen molar-refractivity contribution in [2.24, 2.45) is 0 Å². The SMILES string of the molecule is I.[Cu].[Ni].c1ccc2c(c1)-c1nc-2nc2[nH]c(nc3nc(nc4[nH]c(n1)c1ccccc41)-c1ccccc1-3)c1ccccc21. The molecule has 2 aliphatic rings. The van der Waals surface area contributed by atoms with E-state index < -0.39 is 0 Å². The van der Waals surface area contributed by atoms with E-state index in [-0.39, 0.29) is 57.5 Å². The molecule has 4 aromatic carbocycles. The third-order valence-electron chi connectivity index (χ3n) is 7.46. The van der Waals surface area contributed by atoms with E-state index in [1.165, 1.54) is 0 Å². The van der Waals surface area contributed by atoms with Gasteiger partial charge >= 0.3 is 0 Å². The van der Waals surface area contributed by atoms with Crippen molar-refractivity contribution < 1.29 is 33.6 Å². The second-order valence-electron chi connectivity index (χ2n) is 9.79. The van der Waals surface area contributed by atoms with Gasteiger partial charge in [-0.25, -0.2) is 29.9 Å². The third-order valence-corrected chi connectivity index (χ3v) is 7.46. The average Bonchev–Trinajstić information content (AvgIpc) is 3.73. The fourth-order valence-electron chi connectivity index (χ4n) is 5.59. The van der Waals surface area contributed by atoms with Gasteiger partial charge in [-0.1, -0.05) is 97.1 Å². The molecular weight excluding hydrogens is 746 g/mol. The number of aromatic amines is 2. The summed E-state index contributed by atoms with van der Waals surface area (Å²) < 4.78 is 0. The summed E-state index contributed by atoms with van der Waals surface area (Å²) in [5.74, 6) is 2.39. The fraction of sp³-hybridized carbons (Fsp3) is 0. The summed E-state index contributed by atoms with van der Waals surface area (Å²) in [6, 6.07) is 32.2. The van der Waals surface area contributed by atoms with Gasteiger partial charge in [0.15, 0.2) is 23.3 Å². The number of hydrogen-bond donors (Lipinski definition) is 2. The maximum Gasteiger partial charge on any atom is 0.164 e. The zero-order valence-corrected chi connectivity index (χ0v) is 26.2. The molecule has 0 aliphatic carbocycles. The predicted molar refractivity (Wildman–Crippen MR) is 171 cm³/mol. The Morgan fingerprint density at radius 1 is 0.349 bits per heavy atom. The number of aromatic nitrogens is 8. The topological polar surface area (TPSA) is 109 Å². The summed E-state index contributed by atoms with van der Waals surface area (Å²) in [7, 11) is 0. The standard InChI is InChI=1S/C32H18N8.Cu.HI.Ni/c1-2-10-18-17(9-1)25-33-26(18)38-28-21-13-5-6-14-22(21)30(35-28)40-32-24-16-8-7-15-23(24)31(36-32)39-29-20-12-4-3-11-19(20)27(34-29)37-25;;;/h1-16H,(H2,33,34,35,36,37,38,39,40);;1H;. The molecular formula is C32H19CuIN8Ni. The number of fused-ring (bicyclic) bond motifs is 20. The maximum atomic E-state index is 5.02. The Morgan fingerprint density at radius 2 is 0.581 bits per heavy atom. The molecule has 43 heavy (non-hydrogen) atoms. The van der Waals surface area contributed by atoms with E-state index in [4.69, 9.17) is 29.9 Å². The maximum absolute atomic E-state index is 5.02. The van der Waals surface area contributed by atoms with Crippen molar-refractivity contribution in [1.82, 2.24) is 39.9 Å². The number of hydrogen-bond acceptors (Lipinski definition) is 6. The zero-order chi connectivity index (χ0) is 26.2. The van der Waals surface area contributed by atoms with Gasteiger partial charge < -0.3 is 9.97 Å². The Balaban J connectivity index is 0.00000110. The van der Waals surface area contributed by atoms with Gasteiger partial charge in [0.1, 0.15) is 22.6 Å². The van der Waals surface area contributed by atoms with Crippen LogP contribution >= 0.6 is 24.0 Å². The molecule has 1 radical (unpaired) electrons. The molecule has 0 saturated heterocycles. The van der Waals surface area contributed by atoms with Crippen molar-refractivity contribution in [1.29, 1.82) is 0 Å². The van der Waals surface area contributed by atoms with E-state index in [9.17, 15) is 0 Å². The van der Waals surface area contributed by atoms with Crippen LogP contribution < -0.4 is 0 Å². The first-order chi connectivity index (χ1) is 19.8. The summed E-state index contributed by atoms with van der Waals surface area (Å²) >= 11 is 0. The minimum absolute atomic E-state index is 0. The fourth-order valence-corrected chi connectivity index (χ4v) is 5.59. The number of nitrogens with zero attached hydrogens (tertiary/aromatic N) is 6. The molecule has 0 amide bonds. The minimum atomic E-state index is 0. The second kappa shape index (κ2) is 11.2. The summed E-state index contributed by atoms with van der Waals surface area (Å²) in [5, 5.41) is 3.82. The van der Waals surface area contributed by atoms with Gasteiger partial charge in [0.2, 0.25) is 0 Å². The van der Waals surface area contributed by atoms with E-state index in [0.29, 0.717) is 45.9 Å². The molecule has 7 aromatic rings. The zero-order valence-electron chi connectivity index (χ0n) is 21.9. The normalized spacial score (nSPS) is 11.2. The smallest absolute Gasteiger partial charge is 0.164 e. The molecule has 2 aliphatic heterocycles. The van der Waals surface area contributed by atoms with Gasteiger partial charge in [-0.3, -0.25) is 0 Å². The van der Waals surface area contributed by atoms with Crippen LogP contribution in [0.2, 0.25) is 0 Å².